The number of hydrogen-bond donors (Lipinski definition) is 2. The van der Waals surface area contributed by atoms with E-state index in [0.717, 1.165) is 0 Å². The molecule has 0 aliphatic carbocycles. The molecule has 74 valence electrons. The van der Waals surface area contributed by atoms with Crippen LogP contribution in [-0.4, -0.2) is 23.2 Å². The van der Waals surface area contributed by atoms with Crippen molar-refractivity contribution in [3.8, 4) is 0 Å². The topological polar surface area (TPSA) is 75.6 Å². The van der Waals surface area contributed by atoms with Crippen LogP contribution < -0.4 is 5.48 Å². The Balaban J connectivity index is 3.87. The van der Waals surface area contributed by atoms with Gasteiger partial charge in [0.15, 0.2) is 5.78 Å². The van der Waals surface area contributed by atoms with Crippen LogP contribution >= 0.6 is 0 Å². The zero-order valence-corrected chi connectivity index (χ0v) is 7.66. The first-order chi connectivity index (χ1) is 5.97. The molecule has 0 aromatic rings. The Bertz CT molecular complexity index is 224. The summed E-state index contributed by atoms with van der Waals surface area (Å²) in [5.74, 6) is -0.168. The lowest BCUT2D eigenvalue weighted by molar-refractivity contribution is -0.117. The average molecular weight is 187 g/mol. The standard InChI is InChI=1S/C8H13NO4/c1-5(2)7(10)4-6(3)13-8(11)9-12/h6,12H,1,4H2,2-3H3,(H,9,11). The van der Waals surface area contributed by atoms with E-state index >= 15 is 0 Å². The molecular weight excluding hydrogens is 174 g/mol. The molecule has 1 amide bonds. The second-order valence-corrected chi connectivity index (χ2v) is 2.74. The van der Waals surface area contributed by atoms with Crippen LogP contribution in [0.4, 0.5) is 4.79 Å². The second kappa shape index (κ2) is 5.31. The minimum Gasteiger partial charge on any atom is -0.445 e. The molecule has 0 aliphatic heterocycles. The molecular formula is C8H13NO4. The molecule has 0 rings (SSSR count). The molecule has 0 aromatic heterocycles. The van der Waals surface area contributed by atoms with Gasteiger partial charge in [0, 0.05) is 6.42 Å². The van der Waals surface area contributed by atoms with Crippen LogP contribution in [0.1, 0.15) is 20.3 Å². The number of Topliss-reactive ketones (excluding diaryl/α,β-unsaturated/α-hetero) is 1. The fourth-order valence-corrected chi connectivity index (χ4v) is 0.686. The maximum atomic E-state index is 11.0. The number of hydrogen-bond acceptors (Lipinski definition) is 4. The zero-order valence-electron chi connectivity index (χ0n) is 7.66. The molecule has 5 heteroatoms. The summed E-state index contributed by atoms with van der Waals surface area (Å²) in [4.78, 5) is 21.5. The van der Waals surface area contributed by atoms with Crippen LogP contribution in [0.25, 0.3) is 0 Å². The molecule has 0 spiro atoms. The molecule has 5 nitrogen and oxygen atoms in total. The van der Waals surface area contributed by atoms with Crippen molar-refractivity contribution in [1.82, 2.24) is 5.48 Å². The van der Waals surface area contributed by atoms with Gasteiger partial charge >= 0.3 is 6.09 Å². The SMILES string of the molecule is C=C(C)C(=O)CC(C)OC(=O)NO. The second-order valence-electron chi connectivity index (χ2n) is 2.74. The van der Waals surface area contributed by atoms with Crippen molar-refractivity contribution in [2.24, 2.45) is 0 Å². The van der Waals surface area contributed by atoms with Crippen molar-refractivity contribution in [3.05, 3.63) is 12.2 Å². The highest BCUT2D eigenvalue weighted by molar-refractivity contribution is 5.94. The van der Waals surface area contributed by atoms with E-state index in [2.05, 4.69) is 11.3 Å². The minimum atomic E-state index is -0.970. The summed E-state index contributed by atoms with van der Waals surface area (Å²) in [6.45, 7) is 6.59. The maximum Gasteiger partial charge on any atom is 0.431 e. The van der Waals surface area contributed by atoms with Crippen LogP contribution in [0.2, 0.25) is 0 Å². The van der Waals surface area contributed by atoms with E-state index in [1.165, 1.54) is 5.48 Å². The van der Waals surface area contributed by atoms with Gasteiger partial charge in [0.2, 0.25) is 0 Å². The van der Waals surface area contributed by atoms with E-state index in [9.17, 15) is 9.59 Å². The lowest BCUT2D eigenvalue weighted by Crippen LogP contribution is -2.26. The monoisotopic (exact) mass is 187 g/mol. The quantitative estimate of drug-likeness (QED) is 0.391. The van der Waals surface area contributed by atoms with Gasteiger partial charge in [-0.3, -0.25) is 10.0 Å². The summed E-state index contributed by atoms with van der Waals surface area (Å²) in [5, 5.41) is 8.10. The van der Waals surface area contributed by atoms with E-state index in [4.69, 9.17) is 5.21 Å². The zero-order chi connectivity index (χ0) is 10.4. The van der Waals surface area contributed by atoms with Crippen molar-refractivity contribution < 1.29 is 19.5 Å². The molecule has 0 heterocycles. The van der Waals surface area contributed by atoms with Crippen LogP contribution in [0, 0.1) is 0 Å². The lowest BCUT2D eigenvalue weighted by Gasteiger charge is -2.10. The van der Waals surface area contributed by atoms with E-state index in [1.807, 2.05) is 0 Å². The van der Waals surface area contributed by atoms with Crippen molar-refractivity contribution in [2.45, 2.75) is 26.4 Å². The number of amides is 1. The molecule has 1 atom stereocenters. The third-order valence-corrected chi connectivity index (χ3v) is 1.35. The average Bonchev–Trinajstić information content (AvgIpc) is 2.03. The Morgan fingerprint density at radius 1 is 1.62 bits per heavy atom. The van der Waals surface area contributed by atoms with Crippen molar-refractivity contribution in [2.75, 3.05) is 0 Å². The molecule has 0 fully saturated rings. The van der Waals surface area contributed by atoms with Gasteiger partial charge in [-0.25, -0.2) is 10.3 Å². The number of hydroxylamine groups is 1. The summed E-state index contributed by atoms with van der Waals surface area (Å²) in [6, 6.07) is 0. The van der Waals surface area contributed by atoms with Gasteiger partial charge in [-0.15, -0.1) is 0 Å². The highest BCUT2D eigenvalue weighted by Crippen LogP contribution is 2.03. The maximum absolute atomic E-state index is 11.0. The lowest BCUT2D eigenvalue weighted by atomic mass is 10.1. The first kappa shape index (κ1) is 11.6. The smallest absolute Gasteiger partial charge is 0.431 e. The molecule has 0 bridgehead atoms. The van der Waals surface area contributed by atoms with Gasteiger partial charge in [-0.05, 0) is 19.4 Å². The Morgan fingerprint density at radius 3 is 2.54 bits per heavy atom. The Kier molecular flexibility index (Phi) is 4.76. The van der Waals surface area contributed by atoms with Crippen molar-refractivity contribution in [3.63, 3.8) is 0 Å². The van der Waals surface area contributed by atoms with Crippen molar-refractivity contribution in [1.29, 1.82) is 0 Å². The number of rotatable bonds is 4. The summed E-state index contributed by atoms with van der Waals surface area (Å²) in [7, 11) is 0. The van der Waals surface area contributed by atoms with Gasteiger partial charge in [0.25, 0.3) is 0 Å². The molecule has 0 aliphatic rings. The van der Waals surface area contributed by atoms with Gasteiger partial charge in [0.1, 0.15) is 6.10 Å². The number of ether oxygens (including phenoxy) is 1. The molecule has 1 unspecified atom stereocenters. The summed E-state index contributed by atoms with van der Waals surface area (Å²) in [5.41, 5.74) is 1.72. The van der Waals surface area contributed by atoms with Gasteiger partial charge in [-0.2, -0.15) is 0 Å². The molecule has 13 heavy (non-hydrogen) atoms. The first-order valence-electron chi connectivity index (χ1n) is 3.76. The number of carbonyl (C=O) groups is 2. The van der Waals surface area contributed by atoms with Crippen LogP contribution in [0.15, 0.2) is 12.2 Å². The van der Waals surface area contributed by atoms with Gasteiger partial charge in [-0.1, -0.05) is 6.58 Å². The number of nitrogens with one attached hydrogen (secondary N) is 1. The Labute approximate surface area is 76.3 Å². The predicted octanol–water partition coefficient (Wildman–Crippen LogP) is 1.03. The van der Waals surface area contributed by atoms with Gasteiger partial charge in [0.05, 0.1) is 0 Å². The third-order valence-electron chi connectivity index (χ3n) is 1.35. The first-order valence-corrected chi connectivity index (χ1v) is 3.76. The van der Waals surface area contributed by atoms with Crippen LogP contribution in [0.5, 0.6) is 0 Å². The van der Waals surface area contributed by atoms with Crippen molar-refractivity contribution >= 4 is 11.9 Å². The normalized spacial score (nSPS) is 11.6. The molecule has 0 radical (unpaired) electrons. The molecule has 2 N–H and O–H groups in total. The van der Waals surface area contributed by atoms with Crippen LogP contribution in [0.3, 0.4) is 0 Å². The van der Waals surface area contributed by atoms with E-state index in [0.29, 0.717) is 5.57 Å². The Hall–Kier alpha value is -1.36. The summed E-state index contributed by atoms with van der Waals surface area (Å²) in [6.07, 6.45) is -1.47. The molecule has 0 saturated heterocycles. The fourth-order valence-electron chi connectivity index (χ4n) is 0.686. The van der Waals surface area contributed by atoms with E-state index < -0.39 is 12.2 Å². The minimum absolute atomic E-state index is 0.0722. The number of allylic oxidation sites excluding steroid dienone is 1. The number of carbonyl (C=O) groups excluding carboxylic acids is 2. The fraction of sp³-hybridized carbons (Fsp3) is 0.500. The highest BCUT2D eigenvalue weighted by Gasteiger charge is 2.13. The summed E-state index contributed by atoms with van der Waals surface area (Å²) < 4.78 is 4.56. The van der Waals surface area contributed by atoms with Gasteiger partial charge < -0.3 is 4.74 Å². The highest BCUT2D eigenvalue weighted by atomic mass is 16.6. The van der Waals surface area contributed by atoms with E-state index in [1.54, 1.807) is 13.8 Å². The van der Waals surface area contributed by atoms with E-state index in [-0.39, 0.29) is 12.2 Å². The molecule has 0 saturated carbocycles. The van der Waals surface area contributed by atoms with Crippen LogP contribution in [-0.2, 0) is 9.53 Å². The molecule has 0 aromatic carbocycles. The predicted molar refractivity (Wildman–Crippen MR) is 45.3 cm³/mol. The number of ketones is 1. The largest absolute Gasteiger partial charge is 0.445 e. The Morgan fingerprint density at radius 2 is 2.15 bits per heavy atom. The summed E-state index contributed by atoms with van der Waals surface area (Å²) >= 11 is 0. The third kappa shape index (κ3) is 4.97.